The average molecular weight is 677 g/mol. The number of benzene rings is 2. The van der Waals surface area contributed by atoms with Crippen molar-refractivity contribution in [2.24, 2.45) is 0 Å². The van der Waals surface area contributed by atoms with E-state index in [4.69, 9.17) is 0 Å². The van der Waals surface area contributed by atoms with Crippen LogP contribution in [0.2, 0.25) is 0 Å². The van der Waals surface area contributed by atoms with Gasteiger partial charge in [-0.15, -0.1) is 0 Å². The van der Waals surface area contributed by atoms with Crippen molar-refractivity contribution in [2.75, 3.05) is 13.1 Å². The molecule has 2 N–H and O–H groups in total. The van der Waals surface area contributed by atoms with Crippen LogP contribution in [0.3, 0.4) is 0 Å². The van der Waals surface area contributed by atoms with Gasteiger partial charge in [0.1, 0.15) is 11.5 Å². The molecular weight excluding hydrogens is 635 g/mol. The molecule has 258 valence electrons. The predicted molar refractivity (Wildman–Crippen MR) is 190 cm³/mol. The Morgan fingerprint density at radius 1 is 0.900 bits per heavy atom. The normalized spacial score (nSPS) is 21.3. The Bertz CT molecular complexity index is 2130. The van der Waals surface area contributed by atoms with Crippen molar-refractivity contribution < 1.29 is 9.18 Å². The van der Waals surface area contributed by atoms with Crippen LogP contribution >= 0.6 is 0 Å². The van der Waals surface area contributed by atoms with Gasteiger partial charge in [-0.1, -0.05) is 36.4 Å². The fourth-order valence-electron chi connectivity index (χ4n) is 7.44. The third kappa shape index (κ3) is 6.99. The standard InChI is InChI=1S/C38H41FN8O3/c1-23-17-41-34(19-40-23)36(48)44-30-11-13-31(14-12-30)47-37(49)33-16-29(39)18-42-35(33)46(38(47)50)32-6-4-5-28(15-32)27-9-7-26(8-10-27)22-45-20-24(2)43-25(3)21-45/h4-10,15-19,24-25,30-31,43H,11-14,20-22H2,1-3H3,(H,44,48)/t24-,25+,30?,31?. The van der Waals surface area contributed by atoms with Crippen LogP contribution in [0, 0.1) is 12.7 Å². The molecule has 2 aromatic carbocycles. The first-order valence-electron chi connectivity index (χ1n) is 17.2. The second-order valence-electron chi connectivity index (χ2n) is 13.7. The summed E-state index contributed by atoms with van der Waals surface area (Å²) < 4.78 is 17.2. The minimum Gasteiger partial charge on any atom is -0.348 e. The number of halogens is 1. The number of nitrogens with zero attached hydrogens (tertiary/aromatic N) is 6. The number of carbonyl (C=O) groups excluding carboxylic acids is 1. The summed E-state index contributed by atoms with van der Waals surface area (Å²) >= 11 is 0. The average Bonchev–Trinajstić information content (AvgIpc) is 3.10. The van der Waals surface area contributed by atoms with Crippen molar-refractivity contribution in [3.8, 4) is 16.8 Å². The second kappa shape index (κ2) is 14.0. The van der Waals surface area contributed by atoms with E-state index < -0.39 is 23.1 Å². The van der Waals surface area contributed by atoms with E-state index in [1.165, 1.54) is 20.9 Å². The third-order valence-corrected chi connectivity index (χ3v) is 9.73. The molecule has 50 heavy (non-hydrogen) atoms. The first kappa shape index (κ1) is 33.4. The van der Waals surface area contributed by atoms with E-state index in [-0.39, 0.29) is 28.7 Å². The topological polar surface area (TPSA) is 127 Å². The Balaban J connectivity index is 1.15. The number of rotatable bonds is 7. The molecule has 2 atom stereocenters. The monoisotopic (exact) mass is 676 g/mol. The highest BCUT2D eigenvalue weighted by Gasteiger charge is 2.28. The molecule has 4 heterocycles. The van der Waals surface area contributed by atoms with Crippen LogP contribution in [-0.4, -0.2) is 66.1 Å². The molecule has 7 rings (SSSR count). The number of pyridine rings is 1. The molecule has 1 saturated heterocycles. The fourth-order valence-corrected chi connectivity index (χ4v) is 7.44. The van der Waals surface area contributed by atoms with Crippen LogP contribution in [0.15, 0.2) is 82.8 Å². The Morgan fingerprint density at radius 3 is 2.34 bits per heavy atom. The maximum Gasteiger partial charge on any atom is 0.337 e. The smallest absolute Gasteiger partial charge is 0.337 e. The number of carbonyl (C=O) groups is 1. The minimum atomic E-state index is -0.657. The number of hydrogen-bond donors (Lipinski definition) is 2. The maximum atomic E-state index is 14.5. The highest BCUT2D eigenvalue weighted by Crippen LogP contribution is 2.29. The summed E-state index contributed by atoms with van der Waals surface area (Å²) in [5.74, 6) is -0.971. The van der Waals surface area contributed by atoms with E-state index in [1.54, 1.807) is 19.2 Å². The Hall–Kier alpha value is -5.07. The molecule has 0 spiro atoms. The lowest BCUT2D eigenvalue weighted by atomic mass is 9.90. The van der Waals surface area contributed by atoms with Gasteiger partial charge in [0.15, 0.2) is 5.65 Å². The number of hydrogen-bond acceptors (Lipinski definition) is 8. The highest BCUT2D eigenvalue weighted by atomic mass is 19.1. The second-order valence-corrected chi connectivity index (χ2v) is 13.7. The molecule has 3 aromatic heterocycles. The first-order chi connectivity index (χ1) is 24.1. The van der Waals surface area contributed by atoms with Crippen molar-refractivity contribution in [1.82, 2.24) is 39.6 Å². The van der Waals surface area contributed by atoms with E-state index in [1.807, 2.05) is 18.2 Å². The van der Waals surface area contributed by atoms with E-state index in [9.17, 15) is 18.8 Å². The van der Waals surface area contributed by atoms with Gasteiger partial charge in [-0.25, -0.2) is 23.7 Å². The lowest BCUT2D eigenvalue weighted by Crippen LogP contribution is -2.53. The number of nitrogens with one attached hydrogen (secondary N) is 2. The van der Waals surface area contributed by atoms with Crippen LogP contribution in [0.25, 0.3) is 27.8 Å². The Morgan fingerprint density at radius 2 is 1.64 bits per heavy atom. The zero-order valence-corrected chi connectivity index (χ0v) is 28.5. The molecule has 1 aliphatic heterocycles. The zero-order chi connectivity index (χ0) is 34.9. The summed E-state index contributed by atoms with van der Waals surface area (Å²) in [7, 11) is 0. The van der Waals surface area contributed by atoms with Gasteiger partial charge >= 0.3 is 5.69 Å². The van der Waals surface area contributed by atoms with Crippen LogP contribution in [-0.2, 0) is 6.54 Å². The van der Waals surface area contributed by atoms with E-state index >= 15 is 0 Å². The van der Waals surface area contributed by atoms with Gasteiger partial charge in [0.2, 0.25) is 0 Å². The van der Waals surface area contributed by atoms with Crippen LogP contribution in [0.4, 0.5) is 4.39 Å². The van der Waals surface area contributed by atoms with Crippen LogP contribution in [0.5, 0.6) is 0 Å². The zero-order valence-electron chi connectivity index (χ0n) is 28.5. The number of amides is 1. The summed E-state index contributed by atoms with van der Waals surface area (Å²) in [5.41, 5.74) is 3.58. The molecule has 0 radical (unpaired) electrons. The summed E-state index contributed by atoms with van der Waals surface area (Å²) in [5, 5.41) is 6.61. The Kier molecular flexibility index (Phi) is 9.39. The van der Waals surface area contributed by atoms with Crippen molar-refractivity contribution in [3.63, 3.8) is 0 Å². The van der Waals surface area contributed by atoms with Crippen LogP contribution in [0.1, 0.15) is 67.3 Å². The van der Waals surface area contributed by atoms with Crippen molar-refractivity contribution in [1.29, 1.82) is 0 Å². The number of fused-ring (bicyclic) bond motifs is 1. The fraction of sp³-hybridized carbons (Fsp3) is 0.368. The summed E-state index contributed by atoms with van der Waals surface area (Å²) in [4.78, 5) is 55.8. The SMILES string of the molecule is Cc1cnc(C(=O)NC2CCC(n3c(=O)c4cc(F)cnc4n(-c4cccc(-c5ccc(CN6C[C@@H](C)N[C@@H](C)C6)cc5)c4)c3=O)CC2)cn1. The third-order valence-electron chi connectivity index (χ3n) is 9.73. The van der Waals surface area contributed by atoms with Crippen molar-refractivity contribution >= 4 is 16.9 Å². The van der Waals surface area contributed by atoms with Gasteiger partial charge in [0.25, 0.3) is 11.5 Å². The van der Waals surface area contributed by atoms with E-state index in [2.05, 4.69) is 68.6 Å². The van der Waals surface area contributed by atoms with E-state index in [0.29, 0.717) is 43.5 Å². The molecule has 1 saturated carbocycles. The number of piperazine rings is 1. The molecule has 5 aromatic rings. The molecule has 12 heteroatoms. The molecular formula is C38H41FN8O3. The lowest BCUT2D eigenvalue weighted by Gasteiger charge is -2.36. The minimum absolute atomic E-state index is 0.0317. The van der Waals surface area contributed by atoms with Gasteiger partial charge in [-0.05, 0) is 81.3 Å². The lowest BCUT2D eigenvalue weighted by molar-refractivity contribution is 0.0916. The number of aryl methyl sites for hydroxylation is 1. The van der Waals surface area contributed by atoms with Gasteiger partial charge < -0.3 is 10.6 Å². The van der Waals surface area contributed by atoms with Gasteiger partial charge in [0, 0.05) is 50.0 Å². The quantitative estimate of drug-likeness (QED) is 0.257. The van der Waals surface area contributed by atoms with Gasteiger partial charge in [-0.3, -0.25) is 24.0 Å². The van der Waals surface area contributed by atoms with E-state index in [0.717, 1.165) is 48.7 Å². The summed E-state index contributed by atoms with van der Waals surface area (Å²) in [6.07, 6.45) is 6.08. The molecule has 0 unspecified atom stereocenters. The molecule has 1 amide bonds. The van der Waals surface area contributed by atoms with Crippen molar-refractivity contribution in [3.05, 3.63) is 117 Å². The molecule has 2 aliphatic rings. The largest absolute Gasteiger partial charge is 0.348 e. The number of aromatic nitrogens is 5. The predicted octanol–water partition coefficient (Wildman–Crippen LogP) is 4.55. The van der Waals surface area contributed by atoms with Gasteiger partial charge in [-0.2, -0.15) is 0 Å². The summed E-state index contributed by atoms with van der Waals surface area (Å²) in [6, 6.07) is 17.4. The Labute approximate surface area is 289 Å². The molecule has 2 fully saturated rings. The van der Waals surface area contributed by atoms with Crippen LogP contribution < -0.4 is 21.9 Å². The molecule has 11 nitrogen and oxygen atoms in total. The first-order valence-corrected chi connectivity index (χ1v) is 17.2. The molecule has 0 bridgehead atoms. The maximum absolute atomic E-state index is 14.5. The highest BCUT2D eigenvalue weighted by molar-refractivity contribution is 5.92. The molecule has 1 aliphatic carbocycles. The summed E-state index contributed by atoms with van der Waals surface area (Å²) in [6.45, 7) is 9.09. The van der Waals surface area contributed by atoms with Crippen molar-refractivity contribution in [2.45, 2.75) is 77.2 Å². The van der Waals surface area contributed by atoms with Gasteiger partial charge in [0.05, 0.1) is 29.2 Å².